The number of aromatic nitrogens is 1. The number of hydrogen-bond donors (Lipinski definition) is 0. The Morgan fingerprint density at radius 2 is 1.45 bits per heavy atom. The number of halogens is 1. The zero-order valence-corrected chi connectivity index (χ0v) is 19.1. The van der Waals surface area contributed by atoms with Crippen molar-refractivity contribution in [3.63, 3.8) is 0 Å². The number of amides is 3. The van der Waals surface area contributed by atoms with Gasteiger partial charge in [-0.1, -0.05) is 28.1 Å². The monoisotopic (exact) mass is 484 g/mol. The van der Waals surface area contributed by atoms with Gasteiger partial charge in [0, 0.05) is 49.3 Å². The van der Waals surface area contributed by atoms with E-state index in [-0.39, 0.29) is 5.91 Å². The Labute approximate surface area is 190 Å². The summed E-state index contributed by atoms with van der Waals surface area (Å²) in [5.41, 5.74) is 3.02. The third kappa shape index (κ3) is 4.63. The second kappa shape index (κ2) is 9.18. The minimum Gasteiger partial charge on any atom is -0.335 e. The highest BCUT2D eigenvalue weighted by Crippen LogP contribution is 2.23. The molecule has 2 saturated heterocycles. The number of hydrogen-bond acceptors (Lipinski definition) is 4. The van der Waals surface area contributed by atoms with E-state index in [1.807, 2.05) is 43.3 Å². The highest BCUT2D eigenvalue weighted by molar-refractivity contribution is 9.10. The molecule has 8 heteroatoms. The quantitative estimate of drug-likeness (QED) is 0.614. The van der Waals surface area contributed by atoms with Crippen molar-refractivity contribution in [2.75, 3.05) is 39.3 Å². The van der Waals surface area contributed by atoms with Crippen LogP contribution in [0.2, 0.25) is 0 Å². The summed E-state index contributed by atoms with van der Waals surface area (Å²) >= 11 is 3.47. The molecule has 2 fully saturated rings. The van der Waals surface area contributed by atoms with Crippen molar-refractivity contribution in [2.24, 2.45) is 0 Å². The Bertz CT molecular complexity index is 1010. The number of aryl methyl sites for hydroxylation is 1. The normalized spacial score (nSPS) is 16.5. The van der Waals surface area contributed by atoms with E-state index in [0.29, 0.717) is 50.5 Å². The zero-order valence-electron chi connectivity index (χ0n) is 17.5. The van der Waals surface area contributed by atoms with Gasteiger partial charge in [0.2, 0.25) is 0 Å². The van der Waals surface area contributed by atoms with Crippen LogP contribution in [0.5, 0.6) is 0 Å². The molecule has 0 saturated carbocycles. The van der Waals surface area contributed by atoms with Gasteiger partial charge in [-0.25, -0.2) is 0 Å². The highest BCUT2D eigenvalue weighted by atomic mass is 79.9. The maximum atomic E-state index is 13.0. The second-order valence-corrected chi connectivity index (χ2v) is 8.84. The smallest absolute Gasteiger partial charge is 0.312 e. The minimum atomic E-state index is -0.453. The van der Waals surface area contributed by atoms with E-state index < -0.39 is 11.8 Å². The Balaban J connectivity index is 1.39. The summed E-state index contributed by atoms with van der Waals surface area (Å²) in [5.74, 6) is -0.963. The molecule has 2 aliphatic heterocycles. The lowest BCUT2D eigenvalue weighted by Crippen LogP contribution is -2.54. The SMILES string of the molecule is Cc1nc(-c2cccc(Br)c2)ccc1C(=O)N1CCN(C(=O)C(=O)N2CCCC2)CC1. The van der Waals surface area contributed by atoms with Crippen LogP contribution in [0.4, 0.5) is 0 Å². The van der Waals surface area contributed by atoms with Crippen LogP contribution < -0.4 is 0 Å². The minimum absolute atomic E-state index is 0.0937. The fourth-order valence-corrected chi connectivity index (χ4v) is 4.47. The molecule has 0 unspecified atom stereocenters. The number of nitrogens with zero attached hydrogens (tertiary/aromatic N) is 4. The predicted molar refractivity (Wildman–Crippen MR) is 120 cm³/mol. The number of carbonyl (C=O) groups is 3. The summed E-state index contributed by atoms with van der Waals surface area (Å²) < 4.78 is 0.972. The molecular formula is C23H25BrN4O3. The summed E-state index contributed by atoms with van der Waals surface area (Å²) in [5, 5.41) is 0. The molecule has 0 radical (unpaired) electrons. The van der Waals surface area contributed by atoms with E-state index in [9.17, 15) is 14.4 Å². The lowest BCUT2D eigenvalue weighted by Gasteiger charge is -2.35. The molecule has 0 spiro atoms. The summed E-state index contributed by atoms with van der Waals surface area (Å²) in [6.07, 6.45) is 1.91. The molecule has 1 aromatic heterocycles. The Hall–Kier alpha value is -2.74. The van der Waals surface area contributed by atoms with Crippen LogP contribution in [0.15, 0.2) is 40.9 Å². The molecule has 3 heterocycles. The Morgan fingerprint density at radius 1 is 0.839 bits per heavy atom. The van der Waals surface area contributed by atoms with Crippen LogP contribution in [0, 0.1) is 6.92 Å². The van der Waals surface area contributed by atoms with Gasteiger partial charge in [-0.3, -0.25) is 19.4 Å². The summed E-state index contributed by atoms with van der Waals surface area (Å²) in [6, 6.07) is 11.5. The number of pyridine rings is 1. The summed E-state index contributed by atoms with van der Waals surface area (Å²) in [7, 11) is 0. The van der Waals surface area contributed by atoms with Gasteiger partial charge in [-0.15, -0.1) is 0 Å². The van der Waals surface area contributed by atoms with Gasteiger partial charge >= 0.3 is 11.8 Å². The van der Waals surface area contributed by atoms with E-state index in [0.717, 1.165) is 28.6 Å². The van der Waals surface area contributed by atoms with Crippen molar-refractivity contribution in [1.29, 1.82) is 0 Å². The number of piperazine rings is 1. The maximum Gasteiger partial charge on any atom is 0.312 e. The molecule has 7 nitrogen and oxygen atoms in total. The largest absolute Gasteiger partial charge is 0.335 e. The zero-order chi connectivity index (χ0) is 22.0. The molecule has 31 heavy (non-hydrogen) atoms. The first-order valence-corrected chi connectivity index (χ1v) is 11.3. The van der Waals surface area contributed by atoms with Crippen molar-refractivity contribution < 1.29 is 14.4 Å². The number of carbonyl (C=O) groups excluding carboxylic acids is 3. The molecule has 4 rings (SSSR count). The average Bonchev–Trinajstić information content (AvgIpc) is 3.33. The Morgan fingerprint density at radius 3 is 2.06 bits per heavy atom. The van der Waals surface area contributed by atoms with E-state index in [4.69, 9.17) is 0 Å². The predicted octanol–water partition coefficient (Wildman–Crippen LogP) is 2.73. The first kappa shape index (κ1) is 21.5. The number of likely N-dealkylation sites (tertiary alicyclic amines) is 1. The molecule has 162 valence electrons. The second-order valence-electron chi connectivity index (χ2n) is 7.92. The van der Waals surface area contributed by atoms with E-state index in [1.165, 1.54) is 0 Å². The van der Waals surface area contributed by atoms with Crippen molar-refractivity contribution in [3.05, 3.63) is 52.1 Å². The van der Waals surface area contributed by atoms with Crippen molar-refractivity contribution in [2.45, 2.75) is 19.8 Å². The van der Waals surface area contributed by atoms with Gasteiger partial charge in [0.15, 0.2) is 0 Å². The summed E-state index contributed by atoms with van der Waals surface area (Å²) in [4.78, 5) is 47.4. The van der Waals surface area contributed by atoms with Gasteiger partial charge in [0.1, 0.15) is 0 Å². The molecule has 3 amide bonds. The first-order chi connectivity index (χ1) is 14.9. The summed E-state index contributed by atoms with van der Waals surface area (Å²) in [6.45, 7) is 4.70. The average molecular weight is 485 g/mol. The van der Waals surface area contributed by atoms with Crippen molar-refractivity contribution in [1.82, 2.24) is 19.7 Å². The Kier molecular flexibility index (Phi) is 6.36. The standard InChI is InChI=1S/C23H25BrN4O3/c1-16-19(7-8-20(25-16)17-5-4-6-18(24)15-17)21(29)27-11-13-28(14-12-27)23(31)22(30)26-9-2-3-10-26/h4-8,15H,2-3,9-14H2,1H3. The number of benzene rings is 1. The molecular weight excluding hydrogens is 460 g/mol. The highest BCUT2D eigenvalue weighted by Gasteiger charge is 2.32. The van der Waals surface area contributed by atoms with Gasteiger partial charge in [-0.05, 0) is 44.0 Å². The fraction of sp³-hybridized carbons (Fsp3) is 0.391. The van der Waals surface area contributed by atoms with E-state index >= 15 is 0 Å². The molecule has 1 aromatic carbocycles. The molecule has 0 atom stereocenters. The topological polar surface area (TPSA) is 73.8 Å². The first-order valence-electron chi connectivity index (χ1n) is 10.5. The van der Waals surface area contributed by atoms with Crippen LogP contribution in [-0.2, 0) is 9.59 Å². The van der Waals surface area contributed by atoms with E-state index in [1.54, 1.807) is 14.7 Å². The fourth-order valence-electron chi connectivity index (χ4n) is 4.07. The molecule has 2 aromatic rings. The van der Waals surface area contributed by atoms with Crippen molar-refractivity contribution >= 4 is 33.7 Å². The van der Waals surface area contributed by atoms with Gasteiger partial charge in [0.25, 0.3) is 5.91 Å². The molecule has 0 aliphatic carbocycles. The number of rotatable bonds is 2. The van der Waals surface area contributed by atoms with Gasteiger partial charge in [-0.2, -0.15) is 0 Å². The van der Waals surface area contributed by atoms with Crippen LogP contribution in [0.1, 0.15) is 28.9 Å². The van der Waals surface area contributed by atoms with Crippen LogP contribution >= 0.6 is 15.9 Å². The van der Waals surface area contributed by atoms with Crippen LogP contribution in [0.3, 0.4) is 0 Å². The van der Waals surface area contributed by atoms with Crippen LogP contribution in [-0.4, -0.2) is 76.7 Å². The molecule has 0 N–H and O–H groups in total. The van der Waals surface area contributed by atoms with Crippen LogP contribution in [0.25, 0.3) is 11.3 Å². The lowest BCUT2D eigenvalue weighted by molar-refractivity contribution is -0.152. The van der Waals surface area contributed by atoms with Gasteiger partial charge in [0.05, 0.1) is 17.0 Å². The van der Waals surface area contributed by atoms with E-state index in [2.05, 4.69) is 20.9 Å². The molecule has 2 aliphatic rings. The van der Waals surface area contributed by atoms with Gasteiger partial charge < -0.3 is 14.7 Å². The lowest BCUT2D eigenvalue weighted by atomic mass is 10.1. The molecule has 0 bridgehead atoms. The third-order valence-corrected chi connectivity index (χ3v) is 6.36. The maximum absolute atomic E-state index is 13.0. The third-order valence-electron chi connectivity index (χ3n) is 5.87. The van der Waals surface area contributed by atoms with Crippen molar-refractivity contribution in [3.8, 4) is 11.3 Å².